The lowest BCUT2D eigenvalue weighted by atomic mass is 9.90. The molecular formula is C28H29N7. The minimum Gasteiger partial charge on any atom is -0.369 e. The normalized spacial score (nSPS) is 15.5. The molecule has 0 saturated heterocycles. The van der Waals surface area contributed by atoms with Gasteiger partial charge in [0, 0.05) is 18.9 Å². The highest BCUT2D eigenvalue weighted by Crippen LogP contribution is 2.34. The quantitative estimate of drug-likeness (QED) is 0.360. The first-order valence-electron chi connectivity index (χ1n) is 12.2. The zero-order chi connectivity index (χ0) is 23.6. The molecule has 1 aliphatic rings. The molecule has 0 saturated carbocycles. The summed E-state index contributed by atoms with van der Waals surface area (Å²) in [5.74, 6) is 1.49. The Hall–Kier alpha value is -3.97. The van der Waals surface area contributed by atoms with Crippen LogP contribution in [0.2, 0.25) is 0 Å². The number of nitrogens with zero attached hydrogens (tertiary/aromatic N) is 5. The average Bonchev–Trinajstić information content (AvgIpc) is 3.46. The van der Waals surface area contributed by atoms with Gasteiger partial charge in [-0.05, 0) is 48.6 Å². The Kier molecular flexibility index (Phi) is 5.76. The van der Waals surface area contributed by atoms with E-state index in [1.807, 2.05) is 53.2 Å². The monoisotopic (exact) mass is 463 g/mol. The highest BCUT2D eigenvalue weighted by atomic mass is 15.2. The zero-order valence-electron chi connectivity index (χ0n) is 19.6. The van der Waals surface area contributed by atoms with E-state index in [4.69, 9.17) is 20.7 Å². The van der Waals surface area contributed by atoms with E-state index in [1.54, 1.807) is 0 Å². The van der Waals surface area contributed by atoms with Crippen molar-refractivity contribution in [3.63, 3.8) is 0 Å². The molecule has 2 aromatic carbocycles. The van der Waals surface area contributed by atoms with Gasteiger partial charge in [-0.1, -0.05) is 48.5 Å². The number of para-hydroxylation sites is 2. The Morgan fingerprint density at radius 3 is 2.71 bits per heavy atom. The van der Waals surface area contributed by atoms with Crippen LogP contribution in [0.25, 0.3) is 11.0 Å². The van der Waals surface area contributed by atoms with Crippen molar-refractivity contribution in [3.05, 3.63) is 107 Å². The first kappa shape index (κ1) is 21.6. The largest absolute Gasteiger partial charge is 0.369 e. The van der Waals surface area contributed by atoms with Gasteiger partial charge in [0.15, 0.2) is 0 Å². The lowest BCUT2D eigenvalue weighted by molar-refractivity contribution is 0.152. The summed E-state index contributed by atoms with van der Waals surface area (Å²) in [5, 5.41) is 0. The highest BCUT2D eigenvalue weighted by molar-refractivity contribution is 5.74. The van der Waals surface area contributed by atoms with Crippen LogP contribution in [0.15, 0.2) is 79.1 Å². The third-order valence-electron chi connectivity index (χ3n) is 6.82. The van der Waals surface area contributed by atoms with E-state index in [0.717, 1.165) is 41.8 Å². The van der Waals surface area contributed by atoms with Gasteiger partial charge in [-0.3, -0.25) is 9.88 Å². The molecule has 6 rings (SSSR count). The van der Waals surface area contributed by atoms with Crippen LogP contribution in [0.5, 0.6) is 0 Å². The van der Waals surface area contributed by atoms with E-state index in [-0.39, 0.29) is 6.04 Å². The molecule has 0 aliphatic heterocycles. The molecule has 0 amide bonds. The predicted molar refractivity (Wildman–Crippen MR) is 137 cm³/mol. The van der Waals surface area contributed by atoms with Crippen molar-refractivity contribution in [2.24, 2.45) is 0 Å². The molecule has 0 radical (unpaired) electrons. The van der Waals surface area contributed by atoms with Gasteiger partial charge >= 0.3 is 0 Å². The van der Waals surface area contributed by atoms with Gasteiger partial charge in [-0.15, -0.1) is 0 Å². The van der Waals surface area contributed by atoms with Crippen LogP contribution < -0.4 is 5.73 Å². The van der Waals surface area contributed by atoms with Gasteiger partial charge in [0.25, 0.3) is 0 Å². The van der Waals surface area contributed by atoms with Gasteiger partial charge < -0.3 is 15.3 Å². The molecule has 35 heavy (non-hydrogen) atoms. The fraction of sp³-hybridized carbons (Fsp3) is 0.250. The third kappa shape index (κ3) is 4.55. The van der Waals surface area contributed by atoms with Gasteiger partial charge in [-0.2, -0.15) is 0 Å². The molecule has 1 aliphatic carbocycles. The summed E-state index contributed by atoms with van der Waals surface area (Å²) in [7, 11) is 0. The number of rotatable bonds is 7. The number of nitrogen functional groups attached to an aromatic ring is 1. The summed E-state index contributed by atoms with van der Waals surface area (Å²) in [6, 6.07) is 23.0. The average molecular weight is 464 g/mol. The van der Waals surface area contributed by atoms with Crippen molar-refractivity contribution in [1.82, 2.24) is 29.4 Å². The Morgan fingerprint density at radius 2 is 1.83 bits per heavy atom. The third-order valence-corrected chi connectivity index (χ3v) is 6.82. The number of benzene rings is 2. The Balaban J connectivity index is 1.31. The van der Waals surface area contributed by atoms with Crippen molar-refractivity contribution in [2.45, 2.75) is 44.9 Å². The topological polar surface area (TPSA) is 88.7 Å². The van der Waals surface area contributed by atoms with Crippen molar-refractivity contribution in [2.75, 3.05) is 5.73 Å². The molecule has 5 aromatic rings. The van der Waals surface area contributed by atoms with Crippen molar-refractivity contribution in [3.8, 4) is 0 Å². The number of nitrogens with two attached hydrogens (primary N) is 1. The van der Waals surface area contributed by atoms with Crippen LogP contribution >= 0.6 is 0 Å². The maximum Gasteiger partial charge on any atom is 0.200 e. The highest BCUT2D eigenvalue weighted by Gasteiger charge is 2.28. The lowest BCUT2D eigenvalue weighted by Gasteiger charge is -2.34. The lowest BCUT2D eigenvalue weighted by Crippen LogP contribution is -2.32. The SMILES string of the molecule is Nc1nc(CN(Cc2nc3ccccc3[nH]2)C2CCCc3cccnc32)cn1Cc1ccccc1. The molecule has 176 valence electrons. The number of nitrogens with one attached hydrogen (secondary N) is 1. The fourth-order valence-electron chi connectivity index (χ4n) is 5.17. The number of hydrogen-bond donors (Lipinski definition) is 2. The number of aromatic nitrogens is 5. The number of anilines is 1. The molecule has 1 unspecified atom stereocenters. The second-order valence-electron chi connectivity index (χ2n) is 9.27. The van der Waals surface area contributed by atoms with Crippen LogP contribution in [0.4, 0.5) is 5.95 Å². The molecule has 3 N–H and O–H groups in total. The number of fused-ring (bicyclic) bond motifs is 2. The van der Waals surface area contributed by atoms with Gasteiger partial charge in [0.05, 0.1) is 41.6 Å². The van der Waals surface area contributed by atoms with Crippen LogP contribution in [0.3, 0.4) is 0 Å². The summed E-state index contributed by atoms with van der Waals surface area (Å²) in [4.78, 5) is 20.3. The van der Waals surface area contributed by atoms with E-state index in [1.165, 1.54) is 16.8 Å². The molecule has 0 bridgehead atoms. The van der Waals surface area contributed by atoms with Gasteiger partial charge in [0.1, 0.15) is 5.82 Å². The number of H-pyrrole nitrogens is 1. The van der Waals surface area contributed by atoms with Crippen LogP contribution in [-0.2, 0) is 26.1 Å². The van der Waals surface area contributed by atoms with Gasteiger partial charge in [0.2, 0.25) is 5.95 Å². The number of hydrogen-bond acceptors (Lipinski definition) is 5. The molecule has 1 atom stereocenters. The van der Waals surface area contributed by atoms with E-state index in [9.17, 15) is 0 Å². The summed E-state index contributed by atoms with van der Waals surface area (Å²) >= 11 is 0. The molecular weight excluding hydrogens is 434 g/mol. The molecule has 7 nitrogen and oxygen atoms in total. The number of pyridine rings is 1. The molecule has 3 aromatic heterocycles. The van der Waals surface area contributed by atoms with E-state index >= 15 is 0 Å². The molecule has 3 heterocycles. The van der Waals surface area contributed by atoms with Crippen LogP contribution in [0, 0.1) is 0 Å². The maximum atomic E-state index is 6.33. The van der Waals surface area contributed by atoms with Crippen molar-refractivity contribution < 1.29 is 0 Å². The maximum absolute atomic E-state index is 6.33. The number of aryl methyl sites for hydroxylation is 1. The molecule has 0 spiro atoms. The first-order valence-corrected chi connectivity index (χ1v) is 12.2. The van der Waals surface area contributed by atoms with Gasteiger partial charge in [-0.25, -0.2) is 9.97 Å². The second kappa shape index (κ2) is 9.35. The van der Waals surface area contributed by atoms with E-state index in [2.05, 4.69) is 40.3 Å². The fourth-order valence-corrected chi connectivity index (χ4v) is 5.17. The number of imidazole rings is 2. The predicted octanol–water partition coefficient (Wildman–Crippen LogP) is 4.86. The molecule has 7 heteroatoms. The minimum atomic E-state index is 0.202. The van der Waals surface area contributed by atoms with Crippen LogP contribution in [0.1, 0.15) is 47.2 Å². The number of aromatic amines is 1. The Labute approximate surface area is 204 Å². The van der Waals surface area contributed by atoms with E-state index in [0.29, 0.717) is 25.6 Å². The van der Waals surface area contributed by atoms with Crippen molar-refractivity contribution in [1.29, 1.82) is 0 Å². The Bertz CT molecular complexity index is 1400. The molecule has 0 fully saturated rings. The minimum absolute atomic E-state index is 0.202. The smallest absolute Gasteiger partial charge is 0.200 e. The first-order chi connectivity index (χ1) is 17.2. The summed E-state index contributed by atoms with van der Waals surface area (Å²) in [5.41, 5.74) is 13.0. The second-order valence-corrected chi connectivity index (χ2v) is 9.27. The summed E-state index contributed by atoms with van der Waals surface area (Å²) in [6.45, 7) is 2.06. The van der Waals surface area contributed by atoms with Crippen LogP contribution in [-0.4, -0.2) is 29.4 Å². The Morgan fingerprint density at radius 1 is 0.971 bits per heavy atom. The summed E-state index contributed by atoms with van der Waals surface area (Å²) in [6.07, 6.45) is 7.27. The van der Waals surface area contributed by atoms with E-state index < -0.39 is 0 Å². The zero-order valence-corrected chi connectivity index (χ0v) is 19.6. The summed E-state index contributed by atoms with van der Waals surface area (Å²) < 4.78 is 2.02. The van der Waals surface area contributed by atoms with Crippen molar-refractivity contribution >= 4 is 17.0 Å². The standard InChI is InChI=1S/C28H29N7/c29-28-31-22(18-35(28)16-20-8-2-1-3-9-20)17-34(19-26-32-23-12-4-5-13-24(23)33-26)25-14-6-10-21-11-7-15-30-27(21)25/h1-5,7-9,11-13,15,18,25H,6,10,14,16-17,19H2,(H2,29,31)(H,32,33).